The minimum Gasteiger partial charge on any atom is -0.484 e. The minimum absolute atomic E-state index is 0. The number of halogens is 1. The second-order valence-corrected chi connectivity index (χ2v) is 7.50. The molecular weight excluding hydrogens is 517 g/mol. The molecular formula is C24H34IN5O2. The second-order valence-electron chi connectivity index (χ2n) is 7.50. The molecule has 0 saturated carbocycles. The molecule has 0 spiro atoms. The zero-order valence-corrected chi connectivity index (χ0v) is 21.2. The lowest BCUT2D eigenvalue weighted by Crippen LogP contribution is -2.44. The van der Waals surface area contributed by atoms with Crippen molar-refractivity contribution < 1.29 is 9.53 Å². The van der Waals surface area contributed by atoms with Crippen LogP contribution in [0, 0.1) is 0 Å². The number of carbonyl (C=O) groups is 1. The Kier molecular flexibility index (Phi) is 11.1. The molecule has 1 atom stereocenters. The number of nitrogens with one attached hydrogen (secondary N) is 3. The van der Waals surface area contributed by atoms with Gasteiger partial charge >= 0.3 is 0 Å². The first-order chi connectivity index (χ1) is 15.2. The Hall–Kier alpha value is -2.49. The summed E-state index contributed by atoms with van der Waals surface area (Å²) in [4.78, 5) is 18.7. The number of hydrogen-bond donors (Lipinski definition) is 3. The van der Waals surface area contributed by atoms with Gasteiger partial charge in [-0.25, -0.2) is 4.99 Å². The molecule has 1 amide bonds. The molecule has 1 aliphatic rings. The number of carbonyl (C=O) groups excluding carboxylic acids is 1. The largest absolute Gasteiger partial charge is 0.484 e. The van der Waals surface area contributed by atoms with E-state index in [9.17, 15) is 4.79 Å². The lowest BCUT2D eigenvalue weighted by atomic mass is 10.2. The molecule has 3 rings (SSSR count). The second kappa shape index (κ2) is 13.8. The van der Waals surface area contributed by atoms with Crippen LogP contribution in [-0.2, 0) is 11.3 Å². The van der Waals surface area contributed by atoms with E-state index >= 15 is 0 Å². The average Bonchev–Trinajstić information content (AvgIpc) is 3.26. The third-order valence-electron chi connectivity index (χ3n) is 5.06. The molecule has 1 fully saturated rings. The average molecular weight is 551 g/mol. The van der Waals surface area contributed by atoms with E-state index in [1.807, 2.05) is 37.3 Å². The number of hydrogen-bond acceptors (Lipinski definition) is 4. The summed E-state index contributed by atoms with van der Waals surface area (Å²) in [5.74, 6) is 1.37. The smallest absolute Gasteiger partial charge is 0.257 e. The van der Waals surface area contributed by atoms with Crippen LogP contribution in [0.1, 0.15) is 25.8 Å². The van der Waals surface area contributed by atoms with Crippen LogP contribution >= 0.6 is 24.0 Å². The number of ether oxygens (including phenoxy) is 1. The molecule has 32 heavy (non-hydrogen) atoms. The highest BCUT2D eigenvalue weighted by molar-refractivity contribution is 14.0. The maximum atomic E-state index is 11.6. The molecule has 8 heteroatoms. The Bertz CT molecular complexity index is 862. The minimum atomic E-state index is -0.120. The van der Waals surface area contributed by atoms with Gasteiger partial charge in [-0.1, -0.05) is 30.3 Å². The number of anilines is 1. The van der Waals surface area contributed by atoms with Crippen molar-refractivity contribution in [2.24, 2.45) is 4.99 Å². The normalized spacial score (nSPS) is 15.6. The highest BCUT2D eigenvalue weighted by Gasteiger charge is 2.23. The van der Waals surface area contributed by atoms with Gasteiger partial charge in [0.25, 0.3) is 5.91 Å². The van der Waals surface area contributed by atoms with Crippen LogP contribution in [0.2, 0.25) is 0 Å². The predicted molar refractivity (Wildman–Crippen MR) is 141 cm³/mol. The molecule has 0 aromatic heterocycles. The monoisotopic (exact) mass is 551 g/mol. The highest BCUT2D eigenvalue weighted by Crippen LogP contribution is 2.19. The van der Waals surface area contributed by atoms with Crippen molar-refractivity contribution in [3.8, 4) is 5.75 Å². The molecule has 2 aromatic carbocycles. The standard InChI is InChI=1S/C24H33N5O2.HI/c1-3-25-23(30)18-31-22-12-8-9-19(15-22)16-27-24(26-4-2)28-20-13-14-29(17-20)21-10-6-5-7-11-21;/h5-12,15,20H,3-4,13-14,16-18H2,1-2H3,(H,25,30)(H2,26,27,28);1H. The molecule has 1 saturated heterocycles. The van der Waals surface area contributed by atoms with Gasteiger partial charge in [-0.15, -0.1) is 24.0 Å². The Labute approximate surface area is 208 Å². The van der Waals surface area contributed by atoms with E-state index in [2.05, 4.69) is 52.0 Å². The van der Waals surface area contributed by atoms with E-state index in [-0.39, 0.29) is 36.5 Å². The number of likely N-dealkylation sites (N-methyl/N-ethyl adjacent to an activating group) is 1. The van der Waals surface area contributed by atoms with Crippen molar-refractivity contribution in [2.75, 3.05) is 37.7 Å². The van der Waals surface area contributed by atoms with E-state index in [4.69, 9.17) is 9.73 Å². The first kappa shape index (κ1) is 25.8. The van der Waals surface area contributed by atoms with Gasteiger partial charge in [0.2, 0.25) is 0 Å². The first-order valence-electron chi connectivity index (χ1n) is 11.0. The Morgan fingerprint density at radius 1 is 1.09 bits per heavy atom. The van der Waals surface area contributed by atoms with Crippen LogP contribution in [0.25, 0.3) is 0 Å². The Morgan fingerprint density at radius 3 is 2.62 bits per heavy atom. The van der Waals surface area contributed by atoms with Crippen LogP contribution in [0.3, 0.4) is 0 Å². The van der Waals surface area contributed by atoms with E-state index in [0.717, 1.165) is 37.6 Å². The van der Waals surface area contributed by atoms with Crippen molar-refractivity contribution in [2.45, 2.75) is 32.9 Å². The predicted octanol–water partition coefficient (Wildman–Crippen LogP) is 3.15. The maximum absolute atomic E-state index is 11.6. The fraction of sp³-hybridized carbons (Fsp3) is 0.417. The molecule has 7 nitrogen and oxygen atoms in total. The number of amides is 1. The highest BCUT2D eigenvalue weighted by atomic mass is 127. The van der Waals surface area contributed by atoms with Gasteiger partial charge < -0.3 is 25.6 Å². The Balaban J connectivity index is 0.00000363. The summed E-state index contributed by atoms with van der Waals surface area (Å²) < 4.78 is 5.58. The van der Waals surface area contributed by atoms with Gasteiger partial charge in [-0.3, -0.25) is 4.79 Å². The number of aliphatic imine (C=N–C) groups is 1. The zero-order valence-electron chi connectivity index (χ0n) is 18.8. The lowest BCUT2D eigenvalue weighted by Gasteiger charge is -2.20. The van der Waals surface area contributed by atoms with Crippen molar-refractivity contribution >= 4 is 41.5 Å². The third-order valence-corrected chi connectivity index (χ3v) is 5.06. The quantitative estimate of drug-likeness (QED) is 0.254. The van der Waals surface area contributed by atoms with Crippen LogP contribution in [0.5, 0.6) is 5.75 Å². The number of nitrogens with zero attached hydrogens (tertiary/aromatic N) is 2. The summed E-state index contributed by atoms with van der Waals surface area (Å²) in [5.41, 5.74) is 2.29. The van der Waals surface area contributed by atoms with Crippen LogP contribution in [0.4, 0.5) is 5.69 Å². The van der Waals surface area contributed by atoms with Gasteiger partial charge in [-0.05, 0) is 50.1 Å². The molecule has 1 aliphatic heterocycles. The third kappa shape index (κ3) is 8.22. The molecule has 0 bridgehead atoms. The van der Waals surface area contributed by atoms with Gasteiger partial charge in [0.05, 0.1) is 6.54 Å². The fourth-order valence-electron chi connectivity index (χ4n) is 3.57. The van der Waals surface area contributed by atoms with Gasteiger partial charge in [0.1, 0.15) is 5.75 Å². The van der Waals surface area contributed by atoms with Crippen molar-refractivity contribution in [1.29, 1.82) is 0 Å². The lowest BCUT2D eigenvalue weighted by molar-refractivity contribution is -0.122. The fourth-order valence-corrected chi connectivity index (χ4v) is 3.57. The summed E-state index contributed by atoms with van der Waals surface area (Å²) in [6.45, 7) is 7.89. The SMILES string of the molecule is CCNC(=O)COc1cccc(CN=C(NCC)NC2CCN(c3ccccc3)C2)c1.I. The van der Waals surface area contributed by atoms with Crippen LogP contribution < -0.4 is 25.6 Å². The molecule has 174 valence electrons. The molecule has 0 aliphatic carbocycles. The van der Waals surface area contributed by atoms with Gasteiger partial charge in [0, 0.05) is 37.9 Å². The van der Waals surface area contributed by atoms with Gasteiger partial charge in [-0.2, -0.15) is 0 Å². The number of rotatable bonds is 9. The topological polar surface area (TPSA) is 78.0 Å². The molecule has 1 unspecified atom stereocenters. The van der Waals surface area contributed by atoms with E-state index in [1.54, 1.807) is 0 Å². The van der Waals surface area contributed by atoms with Crippen molar-refractivity contribution in [1.82, 2.24) is 16.0 Å². The van der Waals surface area contributed by atoms with E-state index in [1.165, 1.54) is 5.69 Å². The molecule has 0 radical (unpaired) electrons. The van der Waals surface area contributed by atoms with E-state index in [0.29, 0.717) is 24.9 Å². The summed E-state index contributed by atoms with van der Waals surface area (Å²) in [6, 6.07) is 18.6. The maximum Gasteiger partial charge on any atom is 0.257 e. The van der Waals surface area contributed by atoms with Crippen LogP contribution in [0.15, 0.2) is 59.6 Å². The molecule has 2 aromatic rings. The molecule has 3 N–H and O–H groups in total. The van der Waals surface area contributed by atoms with E-state index < -0.39 is 0 Å². The number of benzene rings is 2. The number of guanidine groups is 1. The summed E-state index contributed by atoms with van der Waals surface area (Å²) in [6.07, 6.45) is 1.07. The zero-order chi connectivity index (χ0) is 21.9. The number of para-hydroxylation sites is 1. The van der Waals surface area contributed by atoms with Crippen LogP contribution in [-0.4, -0.2) is 50.7 Å². The summed E-state index contributed by atoms with van der Waals surface area (Å²) in [7, 11) is 0. The van der Waals surface area contributed by atoms with Crippen molar-refractivity contribution in [3.63, 3.8) is 0 Å². The Morgan fingerprint density at radius 2 is 1.88 bits per heavy atom. The summed E-state index contributed by atoms with van der Waals surface area (Å²) in [5, 5.41) is 9.63. The van der Waals surface area contributed by atoms with Crippen molar-refractivity contribution in [3.05, 3.63) is 60.2 Å². The van der Waals surface area contributed by atoms with Gasteiger partial charge in [0.15, 0.2) is 12.6 Å². The summed E-state index contributed by atoms with van der Waals surface area (Å²) >= 11 is 0. The molecule has 1 heterocycles. The first-order valence-corrected chi connectivity index (χ1v) is 11.0.